The molecule has 0 atom stereocenters. The van der Waals surface area contributed by atoms with Crippen molar-refractivity contribution >= 4 is 11.9 Å². The van der Waals surface area contributed by atoms with Gasteiger partial charge in [-0.3, -0.25) is 9.59 Å². The van der Waals surface area contributed by atoms with E-state index in [-0.39, 0.29) is 29.8 Å². The van der Waals surface area contributed by atoms with E-state index in [9.17, 15) is 14.7 Å². The normalized spacial score (nSPS) is 29.1. The monoisotopic (exact) mass is 269 g/mol. The average molecular weight is 269 g/mol. The minimum Gasteiger partial charge on any atom is -0.469 e. The summed E-state index contributed by atoms with van der Waals surface area (Å²) in [5.74, 6) is 0.0587. The third kappa shape index (κ3) is 3.47. The zero-order valence-electron chi connectivity index (χ0n) is 11.5. The Morgan fingerprint density at radius 3 is 2.11 bits per heavy atom. The predicted molar refractivity (Wildman–Crippen MR) is 69.3 cm³/mol. The van der Waals surface area contributed by atoms with Crippen LogP contribution in [0.15, 0.2) is 0 Å². The van der Waals surface area contributed by atoms with Crippen molar-refractivity contribution in [2.45, 2.75) is 44.6 Å². The van der Waals surface area contributed by atoms with Crippen molar-refractivity contribution in [3.05, 3.63) is 0 Å². The molecule has 1 heterocycles. The molecule has 108 valence electrons. The second-order valence-electron chi connectivity index (χ2n) is 5.63. The van der Waals surface area contributed by atoms with Crippen LogP contribution in [0.25, 0.3) is 0 Å². The van der Waals surface area contributed by atoms with E-state index in [4.69, 9.17) is 4.74 Å². The molecule has 0 spiro atoms. The summed E-state index contributed by atoms with van der Waals surface area (Å²) in [4.78, 5) is 25.6. The number of carbonyl (C=O) groups is 2. The second-order valence-corrected chi connectivity index (χ2v) is 5.63. The summed E-state index contributed by atoms with van der Waals surface area (Å²) < 4.78 is 4.74. The number of hydrogen-bond acceptors (Lipinski definition) is 4. The lowest BCUT2D eigenvalue weighted by molar-refractivity contribution is -0.150. The van der Waals surface area contributed by atoms with Gasteiger partial charge in [-0.1, -0.05) is 0 Å². The zero-order valence-corrected chi connectivity index (χ0v) is 11.5. The lowest BCUT2D eigenvalue weighted by atomic mass is 9.85. The molecule has 1 amide bonds. The number of esters is 1. The maximum atomic E-state index is 12.3. The summed E-state index contributed by atoms with van der Waals surface area (Å²) in [6.45, 7) is 1.30. The van der Waals surface area contributed by atoms with Crippen LogP contribution < -0.4 is 0 Å². The standard InChI is InChI=1S/C14H23NO4/c1-19-14(18)11-6-8-15(9-7-11)13(17)10-2-4-12(16)5-3-10/h10-12,16H,2-9H2,1H3. The van der Waals surface area contributed by atoms with E-state index < -0.39 is 0 Å². The molecule has 0 aromatic rings. The molecular formula is C14H23NO4. The van der Waals surface area contributed by atoms with E-state index in [1.54, 1.807) is 0 Å². The van der Waals surface area contributed by atoms with E-state index in [0.29, 0.717) is 25.9 Å². The summed E-state index contributed by atoms with van der Waals surface area (Å²) in [5, 5.41) is 9.47. The van der Waals surface area contributed by atoms with Crippen LogP contribution >= 0.6 is 0 Å². The van der Waals surface area contributed by atoms with Crippen LogP contribution in [0.1, 0.15) is 38.5 Å². The number of ether oxygens (including phenoxy) is 1. The Kier molecular flexibility index (Phi) is 4.80. The molecule has 2 aliphatic rings. The van der Waals surface area contributed by atoms with Crippen LogP contribution in [-0.4, -0.2) is 48.2 Å². The van der Waals surface area contributed by atoms with Gasteiger partial charge in [0, 0.05) is 19.0 Å². The SMILES string of the molecule is COC(=O)C1CCN(C(=O)C2CCC(O)CC2)CC1. The number of aliphatic hydroxyl groups is 1. The largest absolute Gasteiger partial charge is 0.469 e. The number of methoxy groups -OCH3 is 1. The zero-order chi connectivity index (χ0) is 13.8. The van der Waals surface area contributed by atoms with Crippen LogP contribution in [0.2, 0.25) is 0 Å². The Bertz CT molecular complexity index is 328. The fourth-order valence-corrected chi connectivity index (χ4v) is 3.08. The fourth-order valence-electron chi connectivity index (χ4n) is 3.08. The third-order valence-electron chi connectivity index (χ3n) is 4.39. The number of carbonyl (C=O) groups excluding carboxylic acids is 2. The lowest BCUT2D eigenvalue weighted by Gasteiger charge is -2.35. The molecule has 19 heavy (non-hydrogen) atoms. The molecule has 2 rings (SSSR count). The van der Waals surface area contributed by atoms with Gasteiger partial charge in [0.05, 0.1) is 19.1 Å². The van der Waals surface area contributed by atoms with Gasteiger partial charge in [0.2, 0.25) is 5.91 Å². The molecule has 1 N–H and O–H groups in total. The second kappa shape index (κ2) is 6.37. The van der Waals surface area contributed by atoms with Crippen molar-refractivity contribution in [2.24, 2.45) is 11.8 Å². The minimum absolute atomic E-state index is 0.0535. The number of aliphatic hydroxyl groups excluding tert-OH is 1. The van der Waals surface area contributed by atoms with Crippen LogP contribution in [0, 0.1) is 11.8 Å². The molecule has 1 saturated heterocycles. The van der Waals surface area contributed by atoms with Crippen molar-refractivity contribution in [3.8, 4) is 0 Å². The quantitative estimate of drug-likeness (QED) is 0.758. The van der Waals surface area contributed by atoms with Gasteiger partial charge in [-0.2, -0.15) is 0 Å². The van der Waals surface area contributed by atoms with Crippen LogP contribution in [0.4, 0.5) is 0 Å². The molecule has 0 unspecified atom stereocenters. The van der Waals surface area contributed by atoms with Crippen molar-refractivity contribution in [1.82, 2.24) is 4.90 Å². The van der Waals surface area contributed by atoms with E-state index >= 15 is 0 Å². The Balaban J connectivity index is 1.81. The van der Waals surface area contributed by atoms with Crippen molar-refractivity contribution in [2.75, 3.05) is 20.2 Å². The number of likely N-dealkylation sites (tertiary alicyclic amines) is 1. The van der Waals surface area contributed by atoms with Crippen LogP contribution in [-0.2, 0) is 14.3 Å². The Morgan fingerprint density at radius 2 is 1.58 bits per heavy atom. The smallest absolute Gasteiger partial charge is 0.308 e. The molecule has 0 radical (unpaired) electrons. The number of nitrogens with zero attached hydrogens (tertiary/aromatic N) is 1. The molecule has 0 aromatic carbocycles. The van der Waals surface area contributed by atoms with E-state index in [0.717, 1.165) is 25.7 Å². The molecule has 1 aliphatic carbocycles. The topological polar surface area (TPSA) is 66.8 Å². The fraction of sp³-hybridized carbons (Fsp3) is 0.857. The molecule has 5 heteroatoms. The maximum Gasteiger partial charge on any atom is 0.308 e. The first kappa shape index (κ1) is 14.3. The molecule has 2 fully saturated rings. The molecular weight excluding hydrogens is 246 g/mol. The van der Waals surface area contributed by atoms with Gasteiger partial charge >= 0.3 is 5.97 Å². The summed E-state index contributed by atoms with van der Waals surface area (Å²) in [6.07, 6.45) is 4.22. The molecule has 0 aromatic heterocycles. The van der Waals surface area contributed by atoms with Crippen LogP contribution in [0.3, 0.4) is 0 Å². The molecule has 1 saturated carbocycles. The maximum absolute atomic E-state index is 12.3. The van der Waals surface area contributed by atoms with E-state index in [1.165, 1.54) is 7.11 Å². The first-order valence-electron chi connectivity index (χ1n) is 7.16. The van der Waals surface area contributed by atoms with Gasteiger partial charge in [-0.15, -0.1) is 0 Å². The van der Waals surface area contributed by atoms with E-state index in [1.807, 2.05) is 4.90 Å². The average Bonchev–Trinajstić information content (AvgIpc) is 2.46. The van der Waals surface area contributed by atoms with Gasteiger partial charge in [0.25, 0.3) is 0 Å². The molecule has 1 aliphatic heterocycles. The number of amides is 1. The predicted octanol–water partition coefficient (Wildman–Crippen LogP) is 0.949. The lowest BCUT2D eigenvalue weighted by Crippen LogP contribution is -2.44. The number of piperidine rings is 1. The van der Waals surface area contributed by atoms with Gasteiger partial charge in [-0.05, 0) is 38.5 Å². The molecule has 0 bridgehead atoms. The Morgan fingerprint density at radius 1 is 1.00 bits per heavy atom. The van der Waals surface area contributed by atoms with Gasteiger partial charge in [-0.25, -0.2) is 0 Å². The Hall–Kier alpha value is -1.10. The summed E-state index contributed by atoms with van der Waals surface area (Å²) in [5.41, 5.74) is 0. The van der Waals surface area contributed by atoms with E-state index in [2.05, 4.69) is 0 Å². The van der Waals surface area contributed by atoms with Gasteiger partial charge in [0.1, 0.15) is 0 Å². The van der Waals surface area contributed by atoms with Crippen LogP contribution in [0.5, 0.6) is 0 Å². The third-order valence-corrected chi connectivity index (χ3v) is 4.39. The highest BCUT2D eigenvalue weighted by Gasteiger charge is 2.32. The highest BCUT2D eigenvalue weighted by atomic mass is 16.5. The van der Waals surface area contributed by atoms with Crippen molar-refractivity contribution < 1.29 is 19.4 Å². The van der Waals surface area contributed by atoms with Gasteiger partial charge < -0.3 is 14.7 Å². The Labute approximate surface area is 113 Å². The first-order valence-corrected chi connectivity index (χ1v) is 7.16. The first-order chi connectivity index (χ1) is 9.11. The molecule has 5 nitrogen and oxygen atoms in total. The highest BCUT2D eigenvalue weighted by molar-refractivity contribution is 5.79. The number of hydrogen-bond donors (Lipinski definition) is 1. The minimum atomic E-state index is -0.228. The highest BCUT2D eigenvalue weighted by Crippen LogP contribution is 2.28. The van der Waals surface area contributed by atoms with Crippen molar-refractivity contribution in [3.63, 3.8) is 0 Å². The van der Waals surface area contributed by atoms with Gasteiger partial charge in [0.15, 0.2) is 0 Å². The summed E-state index contributed by atoms with van der Waals surface area (Å²) in [7, 11) is 1.41. The summed E-state index contributed by atoms with van der Waals surface area (Å²) >= 11 is 0. The summed E-state index contributed by atoms with van der Waals surface area (Å²) in [6, 6.07) is 0. The number of rotatable bonds is 2. The van der Waals surface area contributed by atoms with Crippen molar-refractivity contribution in [1.29, 1.82) is 0 Å².